The van der Waals surface area contributed by atoms with Gasteiger partial charge < -0.3 is 20.1 Å². The molecule has 0 saturated carbocycles. The van der Waals surface area contributed by atoms with Crippen molar-refractivity contribution in [1.82, 2.24) is 19.2 Å². The normalized spacial score (nSPS) is 12.5. The summed E-state index contributed by atoms with van der Waals surface area (Å²) in [4.78, 5) is 30.1. The Morgan fingerprint density at radius 2 is 1.73 bits per heavy atom. The highest BCUT2D eigenvalue weighted by Gasteiger charge is 2.17. The Morgan fingerprint density at radius 3 is 2.52 bits per heavy atom. The molecule has 0 radical (unpaired) electrons. The first-order valence-corrected chi connectivity index (χ1v) is 10.5. The molecule has 0 fully saturated rings. The van der Waals surface area contributed by atoms with Crippen LogP contribution in [-0.4, -0.2) is 38.3 Å². The molecule has 10 nitrogen and oxygen atoms in total. The molecule has 1 aliphatic heterocycles. The minimum absolute atomic E-state index is 0.252. The van der Waals surface area contributed by atoms with Gasteiger partial charge in [-0.25, -0.2) is 18.9 Å². The molecule has 5 rings (SSSR count). The van der Waals surface area contributed by atoms with Crippen LogP contribution in [0.1, 0.15) is 11.3 Å². The number of benzene rings is 2. The third kappa shape index (κ3) is 4.22. The zero-order chi connectivity index (χ0) is 22.9. The van der Waals surface area contributed by atoms with Gasteiger partial charge in [-0.1, -0.05) is 17.7 Å². The van der Waals surface area contributed by atoms with Crippen LogP contribution in [-0.2, 0) is 11.3 Å². The molecule has 0 saturated heterocycles. The van der Waals surface area contributed by atoms with Crippen molar-refractivity contribution >= 4 is 28.9 Å². The molecule has 0 atom stereocenters. The van der Waals surface area contributed by atoms with E-state index in [1.54, 1.807) is 24.3 Å². The number of carbonyl (C=O) groups excluding carboxylic acids is 1. The molecule has 4 aromatic rings. The number of nitrogens with one attached hydrogen (secondary N) is 2. The number of nitrogens with zero attached hydrogens (tertiary/aromatic N) is 4. The molecule has 2 aromatic carbocycles. The van der Waals surface area contributed by atoms with E-state index in [-0.39, 0.29) is 6.54 Å². The smallest absolute Gasteiger partial charge is 0.353 e. The summed E-state index contributed by atoms with van der Waals surface area (Å²) in [7, 11) is 0. The van der Waals surface area contributed by atoms with Gasteiger partial charge in [0.15, 0.2) is 17.1 Å². The molecule has 33 heavy (non-hydrogen) atoms. The second kappa shape index (κ2) is 8.30. The Kier molecular flexibility index (Phi) is 5.17. The molecular formula is C23H22N6O4. The van der Waals surface area contributed by atoms with Crippen LogP contribution in [0.2, 0.25) is 0 Å². The van der Waals surface area contributed by atoms with Crippen LogP contribution in [0, 0.1) is 13.8 Å². The highest BCUT2D eigenvalue weighted by Crippen LogP contribution is 2.32. The van der Waals surface area contributed by atoms with Crippen molar-refractivity contribution in [2.24, 2.45) is 0 Å². The summed E-state index contributed by atoms with van der Waals surface area (Å²) in [5.74, 6) is 1.14. The Hall–Kier alpha value is -4.34. The SMILES string of the molecule is Cc1ccc(Nc2nc(C)cc3nn(CC(=O)Nc4ccc5c(c4)OCCO5)c(=O)n23)cc1. The molecule has 1 amide bonds. The molecular weight excluding hydrogens is 424 g/mol. The van der Waals surface area contributed by atoms with Gasteiger partial charge in [0.25, 0.3) is 0 Å². The summed E-state index contributed by atoms with van der Waals surface area (Å²) >= 11 is 0. The molecule has 0 bridgehead atoms. The van der Waals surface area contributed by atoms with Crippen LogP contribution in [0.25, 0.3) is 5.65 Å². The number of aryl methyl sites for hydroxylation is 2. The Labute approximate surface area is 188 Å². The van der Waals surface area contributed by atoms with Crippen LogP contribution in [0.5, 0.6) is 11.5 Å². The third-order valence-electron chi connectivity index (χ3n) is 5.12. The molecule has 0 aliphatic carbocycles. The van der Waals surface area contributed by atoms with Crippen molar-refractivity contribution < 1.29 is 14.3 Å². The third-order valence-corrected chi connectivity index (χ3v) is 5.12. The summed E-state index contributed by atoms with van der Waals surface area (Å²) in [6.45, 7) is 4.51. The highest BCUT2D eigenvalue weighted by molar-refractivity contribution is 5.90. The van der Waals surface area contributed by atoms with E-state index in [1.165, 1.54) is 4.40 Å². The van der Waals surface area contributed by atoms with Crippen LogP contribution in [0.15, 0.2) is 53.3 Å². The van der Waals surface area contributed by atoms with Gasteiger partial charge >= 0.3 is 5.69 Å². The largest absolute Gasteiger partial charge is 0.486 e. The van der Waals surface area contributed by atoms with Crippen LogP contribution in [0.3, 0.4) is 0 Å². The highest BCUT2D eigenvalue weighted by atomic mass is 16.6. The van der Waals surface area contributed by atoms with Gasteiger partial charge in [-0.05, 0) is 38.1 Å². The number of anilines is 3. The number of ether oxygens (including phenoxy) is 2. The Balaban J connectivity index is 1.39. The van der Waals surface area contributed by atoms with E-state index in [1.807, 2.05) is 38.1 Å². The van der Waals surface area contributed by atoms with Crippen molar-refractivity contribution in [3.63, 3.8) is 0 Å². The fourth-order valence-corrected chi connectivity index (χ4v) is 3.56. The summed E-state index contributed by atoms with van der Waals surface area (Å²) in [5.41, 5.74) is 3.07. The first kappa shape index (κ1) is 20.6. The van der Waals surface area contributed by atoms with Gasteiger partial charge in [0.1, 0.15) is 19.8 Å². The topological polar surface area (TPSA) is 112 Å². The van der Waals surface area contributed by atoms with Crippen LogP contribution in [0.4, 0.5) is 17.3 Å². The van der Waals surface area contributed by atoms with E-state index in [2.05, 4.69) is 20.7 Å². The van der Waals surface area contributed by atoms with Crippen molar-refractivity contribution in [2.75, 3.05) is 23.8 Å². The minimum atomic E-state index is -0.468. The quantitative estimate of drug-likeness (QED) is 0.485. The molecule has 3 heterocycles. The summed E-state index contributed by atoms with van der Waals surface area (Å²) in [5, 5.41) is 10.3. The number of carbonyl (C=O) groups is 1. The maximum atomic E-state index is 13.1. The Morgan fingerprint density at radius 1 is 1.00 bits per heavy atom. The molecule has 2 aromatic heterocycles. The number of aromatic nitrogens is 4. The van der Waals surface area contributed by atoms with Crippen LogP contribution >= 0.6 is 0 Å². The van der Waals surface area contributed by atoms with E-state index in [9.17, 15) is 9.59 Å². The first-order chi connectivity index (χ1) is 16.0. The maximum Gasteiger partial charge on any atom is 0.353 e. The maximum absolute atomic E-state index is 13.1. The van der Waals surface area contributed by atoms with E-state index in [4.69, 9.17) is 9.47 Å². The van der Waals surface area contributed by atoms with Crippen LogP contribution < -0.4 is 25.8 Å². The fourth-order valence-electron chi connectivity index (χ4n) is 3.56. The lowest BCUT2D eigenvalue weighted by molar-refractivity contribution is -0.117. The lowest BCUT2D eigenvalue weighted by atomic mass is 10.2. The second-order valence-electron chi connectivity index (χ2n) is 7.75. The van der Waals surface area contributed by atoms with Gasteiger partial charge in [0.2, 0.25) is 11.9 Å². The predicted molar refractivity (Wildman–Crippen MR) is 123 cm³/mol. The molecule has 0 unspecified atom stereocenters. The van der Waals surface area contributed by atoms with Gasteiger partial charge in [0.05, 0.1) is 0 Å². The van der Waals surface area contributed by atoms with Gasteiger partial charge in [0, 0.05) is 29.2 Å². The van der Waals surface area contributed by atoms with Crippen molar-refractivity contribution in [3.8, 4) is 11.5 Å². The van der Waals surface area contributed by atoms with Crippen molar-refractivity contribution in [1.29, 1.82) is 0 Å². The minimum Gasteiger partial charge on any atom is -0.486 e. The number of hydrogen-bond acceptors (Lipinski definition) is 7. The van der Waals surface area contributed by atoms with E-state index in [0.717, 1.165) is 15.9 Å². The molecule has 2 N–H and O–H groups in total. The fraction of sp³-hybridized carbons (Fsp3) is 0.217. The monoisotopic (exact) mass is 446 g/mol. The van der Waals surface area contributed by atoms with Crippen molar-refractivity contribution in [3.05, 3.63) is 70.3 Å². The second-order valence-corrected chi connectivity index (χ2v) is 7.75. The van der Waals surface area contributed by atoms with Gasteiger partial charge in [-0.2, -0.15) is 0 Å². The number of amides is 1. The lowest BCUT2D eigenvalue weighted by Gasteiger charge is -2.18. The zero-order valence-electron chi connectivity index (χ0n) is 18.2. The van der Waals surface area contributed by atoms with Crippen molar-refractivity contribution in [2.45, 2.75) is 20.4 Å². The summed E-state index contributed by atoms with van der Waals surface area (Å²) in [6, 6.07) is 14.6. The lowest BCUT2D eigenvalue weighted by Crippen LogP contribution is -2.29. The molecule has 1 aliphatic rings. The average Bonchev–Trinajstić information content (AvgIpc) is 3.10. The standard InChI is InChI=1S/C23H22N6O4/c1-14-3-5-16(6-4-14)26-22-24-15(2)11-20-27-28(23(31)29(20)22)13-21(30)25-17-7-8-18-19(12-17)33-10-9-32-18/h3-8,11-12H,9-10,13H2,1-2H3,(H,24,26)(H,25,30). The Bertz CT molecular complexity index is 1410. The predicted octanol–water partition coefficient (Wildman–Crippen LogP) is 2.66. The number of rotatable bonds is 5. The van der Waals surface area contributed by atoms with E-state index >= 15 is 0 Å². The summed E-state index contributed by atoms with van der Waals surface area (Å²) in [6.07, 6.45) is 0. The molecule has 10 heteroatoms. The number of hydrogen-bond donors (Lipinski definition) is 2. The van der Waals surface area contributed by atoms with Gasteiger partial charge in [-0.3, -0.25) is 4.79 Å². The van der Waals surface area contributed by atoms with E-state index in [0.29, 0.717) is 47.7 Å². The first-order valence-electron chi connectivity index (χ1n) is 10.5. The zero-order valence-corrected chi connectivity index (χ0v) is 18.2. The average molecular weight is 446 g/mol. The molecule has 168 valence electrons. The van der Waals surface area contributed by atoms with Gasteiger partial charge in [-0.15, -0.1) is 5.10 Å². The number of fused-ring (bicyclic) bond motifs is 2. The summed E-state index contributed by atoms with van der Waals surface area (Å²) < 4.78 is 13.5. The van der Waals surface area contributed by atoms with E-state index < -0.39 is 11.6 Å². The molecule has 0 spiro atoms.